The van der Waals surface area contributed by atoms with E-state index >= 15 is 0 Å². The van der Waals surface area contributed by atoms with Crippen molar-refractivity contribution in [2.24, 2.45) is 0 Å². The Morgan fingerprint density at radius 3 is 2.36 bits per heavy atom. The third-order valence-corrected chi connectivity index (χ3v) is 2.93. The zero-order valence-electron chi connectivity index (χ0n) is 13.7. The number of anilines is 1. The zero-order valence-corrected chi connectivity index (χ0v) is 13.7. The molecule has 122 valence electrons. The molecule has 5 heteroatoms. The standard InChI is InChI=1S/C17H25NO4/c1-5-21-15(19)10-13(11-16(20)22-17(2,3)4)12-7-6-8-14(18)9-12/h6-9,13H,5,10-11,18H2,1-4H3/t13-/m0/s1. The summed E-state index contributed by atoms with van der Waals surface area (Å²) in [5, 5.41) is 0. The van der Waals surface area contributed by atoms with Gasteiger partial charge in [0, 0.05) is 11.6 Å². The third kappa shape index (κ3) is 6.61. The van der Waals surface area contributed by atoms with Gasteiger partial charge in [0.15, 0.2) is 0 Å². The van der Waals surface area contributed by atoms with Gasteiger partial charge in [0.2, 0.25) is 0 Å². The van der Waals surface area contributed by atoms with Crippen LogP contribution in [0.1, 0.15) is 52.0 Å². The Kier molecular flexibility index (Phi) is 6.40. The van der Waals surface area contributed by atoms with Crippen LogP contribution in [0.3, 0.4) is 0 Å². The fourth-order valence-electron chi connectivity index (χ4n) is 2.13. The van der Waals surface area contributed by atoms with Crippen molar-refractivity contribution in [1.82, 2.24) is 0 Å². The van der Waals surface area contributed by atoms with E-state index in [-0.39, 0.29) is 30.7 Å². The van der Waals surface area contributed by atoms with E-state index in [1.54, 1.807) is 25.1 Å². The number of rotatable bonds is 6. The highest BCUT2D eigenvalue weighted by molar-refractivity contribution is 5.75. The summed E-state index contributed by atoms with van der Waals surface area (Å²) in [5.41, 5.74) is 6.66. The molecule has 0 heterocycles. The number of benzene rings is 1. The lowest BCUT2D eigenvalue weighted by Crippen LogP contribution is -2.25. The third-order valence-electron chi connectivity index (χ3n) is 2.93. The molecule has 22 heavy (non-hydrogen) atoms. The van der Waals surface area contributed by atoms with Crippen molar-refractivity contribution < 1.29 is 19.1 Å². The minimum atomic E-state index is -0.554. The first-order valence-corrected chi connectivity index (χ1v) is 7.44. The first-order chi connectivity index (χ1) is 10.2. The maximum absolute atomic E-state index is 12.1. The second kappa shape index (κ2) is 7.82. The van der Waals surface area contributed by atoms with Crippen LogP contribution in [0.25, 0.3) is 0 Å². The number of hydrogen-bond acceptors (Lipinski definition) is 5. The molecule has 5 nitrogen and oxygen atoms in total. The molecule has 0 aliphatic carbocycles. The molecule has 0 radical (unpaired) electrons. The molecule has 0 aliphatic heterocycles. The topological polar surface area (TPSA) is 78.6 Å². The zero-order chi connectivity index (χ0) is 16.8. The van der Waals surface area contributed by atoms with Crippen molar-refractivity contribution >= 4 is 17.6 Å². The van der Waals surface area contributed by atoms with E-state index in [9.17, 15) is 9.59 Å². The van der Waals surface area contributed by atoms with E-state index in [1.165, 1.54) is 0 Å². The van der Waals surface area contributed by atoms with E-state index < -0.39 is 5.60 Å². The number of ether oxygens (including phenoxy) is 2. The van der Waals surface area contributed by atoms with Crippen LogP contribution in [-0.2, 0) is 19.1 Å². The molecule has 0 aromatic heterocycles. The number of esters is 2. The Balaban J connectivity index is 2.87. The van der Waals surface area contributed by atoms with Gasteiger partial charge >= 0.3 is 11.9 Å². The van der Waals surface area contributed by atoms with Gasteiger partial charge in [-0.3, -0.25) is 9.59 Å². The van der Waals surface area contributed by atoms with Crippen molar-refractivity contribution in [3.8, 4) is 0 Å². The van der Waals surface area contributed by atoms with Gasteiger partial charge in [0.1, 0.15) is 5.60 Å². The normalized spacial score (nSPS) is 12.5. The maximum Gasteiger partial charge on any atom is 0.306 e. The first kappa shape index (κ1) is 18.0. The number of carbonyl (C=O) groups is 2. The summed E-state index contributed by atoms with van der Waals surface area (Å²) in [4.78, 5) is 23.8. The summed E-state index contributed by atoms with van der Waals surface area (Å²) in [6.45, 7) is 7.50. The number of nitrogens with two attached hydrogens (primary N) is 1. The highest BCUT2D eigenvalue weighted by Gasteiger charge is 2.24. The molecule has 0 saturated heterocycles. The van der Waals surface area contributed by atoms with E-state index in [0.717, 1.165) is 5.56 Å². The summed E-state index contributed by atoms with van der Waals surface area (Å²) in [6, 6.07) is 7.19. The number of carbonyl (C=O) groups excluding carboxylic acids is 2. The summed E-state index contributed by atoms with van der Waals surface area (Å²) in [6.07, 6.45) is 0.232. The molecule has 0 aliphatic rings. The van der Waals surface area contributed by atoms with Gasteiger partial charge < -0.3 is 15.2 Å². The van der Waals surface area contributed by atoms with Gasteiger partial charge in [0.25, 0.3) is 0 Å². The Hall–Kier alpha value is -2.04. The highest BCUT2D eigenvalue weighted by atomic mass is 16.6. The molecule has 0 fully saturated rings. The summed E-state index contributed by atoms with van der Waals surface area (Å²) in [5.74, 6) is -0.986. The van der Waals surface area contributed by atoms with Crippen molar-refractivity contribution in [1.29, 1.82) is 0 Å². The van der Waals surface area contributed by atoms with Gasteiger partial charge in [-0.2, -0.15) is 0 Å². The van der Waals surface area contributed by atoms with Gasteiger partial charge in [-0.15, -0.1) is 0 Å². The van der Waals surface area contributed by atoms with Crippen LogP contribution < -0.4 is 5.73 Å². The van der Waals surface area contributed by atoms with Crippen molar-refractivity contribution in [2.75, 3.05) is 12.3 Å². The Labute approximate surface area is 131 Å². The summed E-state index contributed by atoms with van der Waals surface area (Å²) >= 11 is 0. The molecule has 0 spiro atoms. The minimum absolute atomic E-state index is 0.111. The van der Waals surface area contributed by atoms with Crippen LogP contribution in [0.2, 0.25) is 0 Å². The van der Waals surface area contributed by atoms with Crippen LogP contribution >= 0.6 is 0 Å². The molecule has 2 N–H and O–H groups in total. The second-order valence-electron chi connectivity index (χ2n) is 6.17. The predicted octanol–water partition coefficient (Wildman–Crippen LogP) is 3.04. The Bertz CT molecular complexity index is 520. The quantitative estimate of drug-likeness (QED) is 0.645. The van der Waals surface area contributed by atoms with Gasteiger partial charge in [0.05, 0.1) is 19.4 Å². The van der Waals surface area contributed by atoms with E-state index in [4.69, 9.17) is 15.2 Å². The van der Waals surface area contributed by atoms with Crippen LogP contribution in [0.15, 0.2) is 24.3 Å². The molecule has 0 bridgehead atoms. The molecule has 1 aromatic carbocycles. The SMILES string of the molecule is CCOC(=O)C[C@@H](CC(=O)OC(C)(C)C)c1cccc(N)c1. The molecule has 1 aromatic rings. The predicted molar refractivity (Wildman–Crippen MR) is 85.3 cm³/mol. The van der Waals surface area contributed by atoms with Crippen molar-refractivity contribution in [3.63, 3.8) is 0 Å². The fourth-order valence-corrected chi connectivity index (χ4v) is 2.13. The monoisotopic (exact) mass is 307 g/mol. The van der Waals surface area contributed by atoms with E-state index in [1.807, 2.05) is 26.8 Å². The highest BCUT2D eigenvalue weighted by Crippen LogP contribution is 2.27. The van der Waals surface area contributed by atoms with E-state index in [2.05, 4.69) is 0 Å². The Morgan fingerprint density at radius 2 is 1.82 bits per heavy atom. The Morgan fingerprint density at radius 1 is 1.18 bits per heavy atom. The molecule has 1 rings (SSSR count). The summed E-state index contributed by atoms with van der Waals surface area (Å²) < 4.78 is 10.3. The largest absolute Gasteiger partial charge is 0.466 e. The number of hydrogen-bond donors (Lipinski definition) is 1. The van der Waals surface area contributed by atoms with Crippen LogP contribution in [-0.4, -0.2) is 24.1 Å². The van der Waals surface area contributed by atoms with Crippen molar-refractivity contribution in [2.45, 2.75) is 52.1 Å². The lowest BCUT2D eigenvalue weighted by atomic mass is 9.92. The van der Waals surface area contributed by atoms with Crippen LogP contribution in [0, 0.1) is 0 Å². The molecular weight excluding hydrogens is 282 g/mol. The number of nitrogen functional groups attached to an aromatic ring is 1. The lowest BCUT2D eigenvalue weighted by molar-refractivity contribution is -0.155. The summed E-state index contributed by atoms with van der Waals surface area (Å²) in [7, 11) is 0. The smallest absolute Gasteiger partial charge is 0.306 e. The molecule has 0 amide bonds. The van der Waals surface area contributed by atoms with Gasteiger partial charge in [-0.25, -0.2) is 0 Å². The second-order valence-corrected chi connectivity index (χ2v) is 6.17. The van der Waals surface area contributed by atoms with Crippen LogP contribution in [0.5, 0.6) is 0 Å². The average Bonchev–Trinajstić information content (AvgIpc) is 2.36. The molecule has 1 atom stereocenters. The van der Waals surface area contributed by atoms with E-state index in [0.29, 0.717) is 12.3 Å². The average molecular weight is 307 g/mol. The van der Waals surface area contributed by atoms with Crippen molar-refractivity contribution in [3.05, 3.63) is 29.8 Å². The lowest BCUT2D eigenvalue weighted by Gasteiger charge is -2.22. The molecular formula is C17H25NO4. The van der Waals surface area contributed by atoms with Gasteiger partial charge in [-0.1, -0.05) is 12.1 Å². The molecule has 0 unspecified atom stereocenters. The first-order valence-electron chi connectivity index (χ1n) is 7.44. The maximum atomic E-state index is 12.1. The van der Waals surface area contributed by atoms with Gasteiger partial charge in [-0.05, 0) is 45.4 Å². The van der Waals surface area contributed by atoms with Crippen LogP contribution in [0.4, 0.5) is 5.69 Å². The fraction of sp³-hybridized carbons (Fsp3) is 0.529. The minimum Gasteiger partial charge on any atom is -0.466 e. The molecule has 0 saturated carbocycles.